The zero-order valence-corrected chi connectivity index (χ0v) is 22.0. The molecule has 0 N–H and O–H groups in total. The van der Waals surface area contributed by atoms with Gasteiger partial charge >= 0.3 is 0 Å². The standard InChI is InChI=1S/C40H26/c1-2-14-27(15-3-1)28-16-4-11-23-35(28)40-36-24-12-9-21-33(36)39(34-22-10-13-25-37(34)40)26-38-31-19-7-5-17-29(31)30-18-6-8-20-32(30)38/h1-26H. The maximum atomic E-state index is 2.43. The minimum atomic E-state index is 1.23. The Balaban J connectivity index is 1.47. The molecule has 0 nitrogen and oxygen atoms in total. The van der Waals surface area contributed by atoms with Crippen molar-refractivity contribution in [3.05, 3.63) is 168 Å². The van der Waals surface area contributed by atoms with E-state index >= 15 is 0 Å². The fraction of sp³-hybridized carbons (Fsp3) is 0. The second-order valence-corrected chi connectivity index (χ2v) is 10.4. The van der Waals surface area contributed by atoms with E-state index in [0.717, 1.165) is 0 Å². The van der Waals surface area contributed by atoms with Gasteiger partial charge in [-0.2, -0.15) is 0 Å². The van der Waals surface area contributed by atoms with Crippen LogP contribution in [-0.2, 0) is 0 Å². The van der Waals surface area contributed by atoms with Gasteiger partial charge in [0.25, 0.3) is 0 Å². The van der Waals surface area contributed by atoms with Gasteiger partial charge in [-0.05, 0) is 83.3 Å². The molecule has 0 spiro atoms. The summed E-state index contributed by atoms with van der Waals surface area (Å²) in [5.74, 6) is 0. The largest absolute Gasteiger partial charge is 0.0622 e. The van der Waals surface area contributed by atoms with E-state index in [-0.39, 0.29) is 0 Å². The molecule has 0 heterocycles. The molecule has 0 bridgehead atoms. The lowest BCUT2D eigenvalue weighted by Crippen LogP contribution is -1.93. The van der Waals surface area contributed by atoms with Gasteiger partial charge in [0, 0.05) is 0 Å². The molecule has 0 saturated carbocycles. The lowest BCUT2D eigenvalue weighted by atomic mass is 9.84. The molecule has 0 amide bonds. The monoisotopic (exact) mass is 506 g/mol. The normalized spacial score (nSPS) is 11.9. The third-order valence-electron chi connectivity index (χ3n) is 8.27. The second-order valence-electron chi connectivity index (χ2n) is 10.4. The van der Waals surface area contributed by atoms with Crippen molar-refractivity contribution in [2.45, 2.75) is 0 Å². The lowest BCUT2D eigenvalue weighted by Gasteiger charge is -2.19. The fourth-order valence-corrected chi connectivity index (χ4v) is 6.53. The maximum Gasteiger partial charge on any atom is -0.00201 e. The molecule has 1 aliphatic carbocycles. The van der Waals surface area contributed by atoms with Crippen molar-refractivity contribution in [3.63, 3.8) is 0 Å². The molecule has 0 heteroatoms. The van der Waals surface area contributed by atoms with Crippen molar-refractivity contribution in [2.24, 2.45) is 0 Å². The van der Waals surface area contributed by atoms with E-state index in [1.807, 2.05) is 0 Å². The predicted molar refractivity (Wildman–Crippen MR) is 171 cm³/mol. The van der Waals surface area contributed by atoms with Gasteiger partial charge in [-0.15, -0.1) is 0 Å². The topological polar surface area (TPSA) is 0 Å². The molecule has 0 saturated heterocycles. The highest BCUT2D eigenvalue weighted by Gasteiger charge is 2.24. The van der Waals surface area contributed by atoms with E-state index in [9.17, 15) is 0 Å². The Hall–Kier alpha value is -5.20. The van der Waals surface area contributed by atoms with Crippen LogP contribution in [0, 0.1) is 0 Å². The van der Waals surface area contributed by atoms with Gasteiger partial charge in [0.05, 0.1) is 0 Å². The summed E-state index contributed by atoms with van der Waals surface area (Å²) in [6.45, 7) is 0. The van der Waals surface area contributed by atoms with Crippen LogP contribution in [0.5, 0.6) is 0 Å². The lowest BCUT2D eigenvalue weighted by molar-refractivity contribution is 1.61. The first-order valence-corrected chi connectivity index (χ1v) is 13.9. The SMILES string of the molecule is C(=C1c2ccccc2-c2ccccc21)c1c2ccccc2c(-c2ccccc2-c2ccccc2)c2ccccc12. The first-order chi connectivity index (χ1) is 19.9. The Morgan fingerprint density at radius 3 is 1.25 bits per heavy atom. The van der Waals surface area contributed by atoms with Crippen LogP contribution >= 0.6 is 0 Å². The number of rotatable bonds is 3. The van der Waals surface area contributed by atoms with E-state index in [2.05, 4.69) is 158 Å². The Morgan fingerprint density at radius 1 is 0.300 bits per heavy atom. The van der Waals surface area contributed by atoms with Crippen molar-refractivity contribution < 1.29 is 0 Å². The highest BCUT2D eigenvalue weighted by molar-refractivity contribution is 6.21. The van der Waals surface area contributed by atoms with Crippen LogP contribution in [0.4, 0.5) is 0 Å². The summed E-state index contributed by atoms with van der Waals surface area (Å²) < 4.78 is 0. The third kappa shape index (κ3) is 3.47. The van der Waals surface area contributed by atoms with Crippen LogP contribution < -0.4 is 0 Å². The first kappa shape index (κ1) is 22.8. The van der Waals surface area contributed by atoms with E-state index in [1.54, 1.807) is 0 Å². The smallest absolute Gasteiger partial charge is 0.00201 e. The molecule has 8 rings (SSSR count). The quantitative estimate of drug-likeness (QED) is 0.209. The summed E-state index contributed by atoms with van der Waals surface area (Å²) in [5.41, 5.74) is 12.8. The van der Waals surface area contributed by atoms with Gasteiger partial charge in [-0.25, -0.2) is 0 Å². The summed E-state index contributed by atoms with van der Waals surface area (Å²) >= 11 is 0. The van der Waals surface area contributed by atoms with Crippen molar-refractivity contribution in [1.29, 1.82) is 0 Å². The maximum absolute atomic E-state index is 2.43. The number of hydrogen-bond acceptors (Lipinski definition) is 0. The molecule has 186 valence electrons. The average molecular weight is 507 g/mol. The summed E-state index contributed by atoms with van der Waals surface area (Å²) in [6.07, 6.45) is 2.43. The molecule has 0 aromatic heterocycles. The summed E-state index contributed by atoms with van der Waals surface area (Å²) in [7, 11) is 0. The van der Waals surface area contributed by atoms with Crippen molar-refractivity contribution in [1.82, 2.24) is 0 Å². The van der Waals surface area contributed by atoms with Gasteiger partial charge < -0.3 is 0 Å². The highest BCUT2D eigenvalue weighted by Crippen LogP contribution is 2.48. The Bertz CT molecular complexity index is 1990. The Morgan fingerprint density at radius 2 is 0.700 bits per heavy atom. The van der Waals surface area contributed by atoms with Crippen LogP contribution in [0.3, 0.4) is 0 Å². The molecular weight excluding hydrogens is 480 g/mol. The first-order valence-electron chi connectivity index (χ1n) is 13.9. The van der Waals surface area contributed by atoms with E-state index in [0.29, 0.717) is 0 Å². The molecule has 0 aliphatic heterocycles. The second kappa shape index (κ2) is 9.22. The van der Waals surface area contributed by atoms with E-state index < -0.39 is 0 Å². The Kier molecular flexibility index (Phi) is 5.24. The molecule has 0 atom stereocenters. The Labute approximate surface area is 234 Å². The van der Waals surface area contributed by atoms with Crippen LogP contribution in [-0.4, -0.2) is 0 Å². The predicted octanol–water partition coefficient (Wildman–Crippen LogP) is 10.9. The molecule has 0 radical (unpaired) electrons. The molecule has 7 aromatic carbocycles. The zero-order chi connectivity index (χ0) is 26.5. The van der Waals surface area contributed by atoms with Gasteiger partial charge in [0.1, 0.15) is 0 Å². The molecule has 40 heavy (non-hydrogen) atoms. The number of fused-ring (bicyclic) bond motifs is 5. The van der Waals surface area contributed by atoms with E-state index in [4.69, 9.17) is 0 Å². The molecule has 7 aromatic rings. The summed E-state index contributed by atoms with van der Waals surface area (Å²) in [6, 6.07) is 55.0. The van der Waals surface area contributed by atoms with Crippen LogP contribution in [0.15, 0.2) is 152 Å². The number of hydrogen-bond donors (Lipinski definition) is 0. The van der Waals surface area contributed by atoms with Crippen molar-refractivity contribution in [3.8, 4) is 33.4 Å². The van der Waals surface area contributed by atoms with Crippen molar-refractivity contribution in [2.75, 3.05) is 0 Å². The number of benzene rings is 7. The molecule has 1 aliphatic rings. The minimum absolute atomic E-state index is 1.23. The van der Waals surface area contributed by atoms with Crippen LogP contribution in [0.2, 0.25) is 0 Å². The summed E-state index contributed by atoms with van der Waals surface area (Å²) in [5, 5.41) is 5.09. The van der Waals surface area contributed by atoms with Crippen molar-refractivity contribution >= 4 is 33.2 Å². The average Bonchev–Trinajstić information content (AvgIpc) is 3.35. The molecule has 0 unspecified atom stereocenters. The summed E-state index contributed by atoms with van der Waals surface area (Å²) in [4.78, 5) is 0. The van der Waals surface area contributed by atoms with Gasteiger partial charge in [-0.3, -0.25) is 0 Å². The van der Waals surface area contributed by atoms with Gasteiger partial charge in [0.2, 0.25) is 0 Å². The zero-order valence-electron chi connectivity index (χ0n) is 22.0. The molecule has 0 fully saturated rings. The van der Waals surface area contributed by atoms with Crippen LogP contribution in [0.1, 0.15) is 16.7 Å². The third-order valence-corrected chi connectivity index (χ3v) is 8.27. The highest BCUT2D eigenvalue weighted by atomic mass is 14.3. The van der Waals surface area contributed by atoms with E-state index in [1.165, 1.54) is 77.2 Å². The fourth-order valence-electron chi connectivity index (χ4n) is 6.53. The molecular formula is C40H26. The van der Waals surface area contributed by atoms with Gasteiger partial charge in [-0.1, -0.05) is 152 Å². The van der Waals surface area contributed by atoms with Crippen LogP contribution in [0.25, 0.3) is 66.6 Å². The van der Waals surface area contributed by atoms with Gasteiger partial charge in [0.15, 0.2) is 0 Å². The minimum Gasteiger partial charge on any atom is -0.0622 e.